The SMILES string of the molecule is COC1=NS(=O)(=O)N(C2CCCCC2)C(Cl)=N1. The highest BCUT2D eigenvalue weighted by atomic mass is 35.5. The maximum absolute atomic E-state index is 12.0. The van der Waals surface area contributed by atoms with Gasteiger partial charge in [-0.3, -0.25) is 0 Å². The molecule has 1 aliphatic carbocycles. The second-order valence-electron chi connectivity index (χ2n) is 4.02. The van der Waals surface area contributed by atoms with Crippen LogP contribution < -0.4 is 0 Å². The van der Waals surface area contributed by atoms with Crippen LogP contribution in [0.4, 0.5) is 0 Å². The number of hydrogen-bond acceptors (Lipinski definition) is 4. The first-order valence-corrected chi connectivity index (χ1v) is 7.24. The van der Waals surface area contributed by atoms with E-state index in [0.29, 0.717) is 0 Å². The van der Waals surface area contributed by atoms with Crippen LogP contribution in [0.1, 0.15) is 32.1 Å². The average Bonchev–Trinajstić information content (AvgIpc) is 2.28. The summed E-state index contributed by atoms with van der Waals surface area (Å²) in [6.07, 6.45) is 4.72. The highest BCUT2D eigenvalue weighted by Crippen LogP contribution is 2.28. The predicted octanol–water partition coefficient (Wildman–Crippen LogP) is 1.48. The summed E-state index contributed by atoms with van der Waals surface area (Å²) < 4.78 is 33.2. The third kappa shape index (κ3) is 2.55. The maximum atomic E-state index is 12.0. The zero-order valence-corrected chi connectivity index (χ0v) is 11.0. The molecule has 0 bridgehead atoms. The summed E-state index contributed by atoms with van der Waals surface area (Å²) in [6.45, 7) is 0. The summed E-state index contributed by atoms with van der Waals surface area (Å²) in [7, 11) is -2.50. The van der Waals surface area contributed by atoms with Crippen molar-refractivity contribution in [2.24, 2.45) is 9.39 Å². The number of amidine groups is 2. The molecule has 0 aromatic rings. The lowest BCUT2D eigenvalue weighted by Crippen LogP contribution is -2.45. The van der Waals surface area contributed by atoms with Gasteiger partial charge in [-0.15, -0.1) is 0 Å². The Hall–Kier alpha value is -0.820. The van der Waals surface area contributed by atoms with Gasteiger partial charge in [-0.2, -0.15) is 13.4 Å². The molecule has 0 aromatic heterocycles. The molecule has 17 heavy (non-hydrogen) atoms. The molecule has 0 atom stereocenters. The second-order valence-corrected chi connectivity index (χ2v) is 5.83. The van der Waals surface area contributed by atoms with E-state index in [4.69, 9.17) is 16.3 Å². The van der Waals surface area contributed by atoms with Gasteiger partial charge in [-0.05, 0) is 24.4 Å². The van der Waals surface area contributed by atoms with Crippen LogP contribution in [0.5, 0.6) is 0 Å². The van der Waals surface area contributed by atoms with E-state index >= 15 is 0 Å². The normalized spacial score (nSPS) is 25.2. The molecule has 0 radical (unpaired) electrons. The van der Waals surface area contributed by atoms with Gasteiger partial charge in [-0.25, -0.2) is 4.31 Å². The summed E-state index contributed by atoms with van der Waals surface area (Å²) in [5.41, 5.74) is 0. The van der Waals surface area contributed by atoms with Crippen molar-refractivity contribution in [3.05, 3.63) is 0 Å². The molecular formula is C9H14ClN3O3S. The molecule has 0 amide bonds. The minimum Gasteiger partial charge on any atom is -0.466 e. The van der Waals surface area contributed by atoms with Gasteiger partial charge in [0.2, 0.25) is 5.29 Å². The Kier molecular flexibility index (Phi) is 3.58. The first kappa shape index (κ1) is 12.6. The van der Waals surface area contributed by atoms with Crippen molar-refractivity contribution in [3.8, 4) is 0 Å². The summed E-state index contributed by atoms with van der Waals surface area (Å²) >= 11 is 5.91. The highest BCUT2D eigenvalue weighted by Gasteiger charge is 2.36. The van der Waals surface area contributed by atoms with Gasteiger partial charge in [0.1, 0.15) is 0 Å². The summed E-state index contributed by atoms with van der Waals surface area (Å²) in [5.74, 6) is 0. The molecule has 1 saturated carbocycles. The topological polar surface area (TPSA) is 71.3 Å². The third-order valence-electron chi connectivity index (χ3n) is 2.90. The van der Waals surface area contributed by atoms with Crippen LogP contribution in [0.3, 0.4) is 0 Å². The molecule has 0 unspecified atom stereocenters. The lowest BCUT2D eigenvalue weighted by atomic mass is 9.96. The van der Waals surface area contributed by atoms with Crippen molar-refractivity contribution in [2.45, 2.75) is 38.1 Å². The first-order chi connectivity index (χ1) is 8.04. The Balaban J connectivity index is 2.29. The van der Waals surface area contributed by atoms with Crippen LogP contribution in [0.25, 0.3) is 0 Å². The van der Waals surface area contributed by atoms with E-state index in [2.05, 4.69) is 9.39 Å². The van der Waals surface area contributed by atoms with E-state index in [9.17, 15) is 8.42 Å². The lowest BCUT2D eigenvalue weighted by molar-refractivity contribution is 0.324. The summed E-state index contributed by atoms with van der Waals surface area (Å²) in [4.78, 5) is 3.81. The number of nitrogens with zero attached hydrogens (tertiary/aromatic N) is 3. The molecule has 0 saturated heterocycles. The molecule has 1 heterocycles. The van der Waals surface area contributed by atoms with Crippen molar-refractivity contribution >= 4 is 33.1 Å². The van der Waals surface area contributed by atoms with Crippen LogP contribution in [0, 0.1) is 0 Å². The quantitative estimate of drug-likeness (QED) is 0.683. The Labute approximate surface area is 106 Å². The molecule has 1 aliphatic heterocycles. The van der Waals surface area contributed by atoms with Gasteiger partial charge in [0.25, 0.3) is 0 Å². The third-order valence-corrected chi connectivity index (χ3v) is 4.62. The lowest BCUT2D eigenvalue weighted by Gasteiger charge is -2.33. The van der Waals surface area contributed by atoms with Crippen LogP contribution in [0.2, 0.25) is 0 Å². The Morgan fingerprint density at radius 2 is 2.00 bits per heavy atom. The van der Waals surface area contributed by atoms with Crippen LogP contribution in [0.15, 0.2) is 9.39 Å². The zero-order chi connectivity index (χ0) is 12.5. The fraction of sp³-hybridized carbons (Fsp3) is 0.778. The smallest absolute Gasteiger partial charge is 0.351 e. The molecule has 1 fully saturated rings. The predicted molar refractivity (Wildman–Crippen MR) is 65.4 cm³/mol. The number of ether oxygens (including phenoxy) is 1. The number of rotatable bonds is 1. The van der Waals surface area contributed by atoms with Gasteiger partial charge in [-0.1, -0.05) is 23.7 Å². The van der Waals surface area contributed by atoms with E-state index < -0.39 is 10.2 Å². The Morgan fingerprint density at radius 3 is 2.53 bits per heavy atom. The minimum absolute atomic E-state index is 0.0799. The van der Waals surface area contributed by atoms with E-state index in [1.165, 1.54) is 7.11 Å². The van der Waals surface area contributed by atoms with Crippen molar-refractivity contribution in [3.63, 3.8) is 0 Å². The summed E-state index contributed by atoms with van der Waals surface area (Å²) in [5, 5.41) is -0.0799. The molecule has 0 N–H and O–H groups in total. The number of aliphatic imine (C=N–C) groups is 1. The molecule has 96 valence electrons. The van der Waals surface area contributed by atoms with Gasteiger partial charge in [0, 0.05) is 6.04 Å². The Bertz CT molecular complexity index is 454. The monoisotopic (exact) mass is 279 g/mol. The van der Waals surface area contributed by atoms with Crippen molar-refractivity contribution in [2.75, 3.05) is 7.11 Å². The second kappa shape index (κ2) is 4.81. The molecular weight excluding hydrogens is 266 g/mol. The van der Waals surface area contributed by atoms with Gasteiger partial charge in [0.05, 0.1) is 7.11 Å². The largest absolute Gasteiger partial charge is 0.466 e. The standard InChI is InChI=1S/C9H14ClN3O3S/c1-16-9-11-8(10)13(17(14,15)12-9)7-5-3-2-4-6-7/h7H,2-6H2,1H3. The van der Waals surface area contributed by atoms with Crippen molar-refractivity contribution in [1.82, 2.24) is 4.31 Å². The highest BCUT2D eigenvalue weighted by molar-refractivity contribution is 7.88. The zero-order valence-electron chi connectivity index (χ0n) is 9.47. The van der Waals surface area contributed by atoms with Crippen LogP contribution >= 0.6 is 11.6 Å². The number of methoxy groups -OCH3 is 1. The molecule has 2 rings (SSSR count). The maximum Gasteiger partial charge on any atom is 0.351 e. The number of halogens is 1. The minimum atomic E-state index is -3.80. The molecule has 8 heteroatoms. The van der Waals surface area contributed by atoms with Crippen molar-refractivity contribution in [1.29, 1.82) is 0 Å². The van der Waals surface area contributed by atoms with Crippen molar-refractivity contribution < 1.29 is 13.2 Å². The Morgan fingerprint density at radius 1 is 1.35 bits per heavy atom. The molecule has 2 aliphatic rings. The molecule has 0 spiro atoms. The summed E-state index contributed by atoms with van der Waals surface area (Å²) in [6, 6.07) is -0.353. The van der Waals surface area contributed by atoms with E-state index in [0.717, 1.165) is 36.4 Å². The fourth-order valence-corrected chi connectivity index (χ4v) is 3.82. The molecule has 0 aromatic carbocycles. The average molecular weight is 280 g/mol. The van der Waals surface area contributed by atoms with Crippen LogP contribution in [-0.2, 0) is 14.9 Å². The van der Waals surface area contributed by atoms with Gasteiger partial charge >= 0.3 is 16.2 Å². The van der Waals surface area contributed by atoms with Gasteiger partial charge < -0.3 is 4.74 Å². The fourth-order valence-electron chi connectivity index (χ4n) is 2.12. The van der Waals surface area contributed by atoms with E-state index in [-0.39, 0.29) is 17.4 Å². The van der Waals surface area contributed by atoms with Gasteiger partial charge in [0.15, 0.2) is 0 Å². The van der Waals surface area contributed by atoms with E-state index in [1.807, 2.05) is 0 Å². The molecule has 6 nitrogen and oxygen atoms in total. The van der Waals surface area contributed by atoms with E-state index in [1.54, 1.807) is 0 Å². The first-order valence-electron chi connectivity index (χ1n) is 5.47. The number of hydrogen-bond donors (Lipinski definition) is 0. The van der Waals surface area contributed by atoms with Crippen LogP contribution in [-0.4, -0.2) is 37.2 Å².